The molecule has 8 aromatic rings. The minimum absolute atomic E-state index is 0.0263. The normalized spacial score (nSPS) is 12.2. The van der Waals surface area contributed by atoms with E-state index in [-0.39, 0.29) is 11.1 Å². The summed E-state index contributed by atoms with van der Waals surface area (Å²) in [6.07, 6.45) is -3.84. The number of halogens is 3. The first kappa shape index (κ1) is 29.7. The first-order valence-electron chi connectivity index (χ1n) is 16.5. The van der Waals surface area contributed by atoms with E-state index in [2.05, 4.69) is 89.5 Å². The molecule has 0 bridgehead atoms. The van der Waals surface area contributed by atoms with Gasteiger partial charge in [-0.25, -0.2) is 0 Å². The molecule has 1 aromatic heterocycles. The molecular formula is C45H27F3N2. The Balaban J connectivity index is 1.42. The topological polar surface area (TPSA) is 28.7 Å². The maximum atomic E-state index is 14.2. The molecule has 0 unspecified atom stereocenters. The van der Waals surface area contributed by atoms with Crippen LogP contribution in [0.4, 0.5) is 13.2 Å². The van der Waals surface area contributed by atoms with Gasteiger partial charge in [0, 0.05) is 22.0 Å². The van der Waals surface area contributed by atoms with Gasteiger partial charge in [-0.05, 0) is 86.8 Å². The predicted molar refractivity (Wildman–Crippen MR) is 195 cm³/mol. The van der Waals surface area contributed by atoms with E-state index >= 15 is 0 Å². The van der Waals surface area contributed by atoms with Gasteiger partial charge in [-0.3, -0.25) is 0 Å². The van der Waals surface area contributed by atoms with Gasteiger partial charge in [0.25, 0.3) is 0 Å². The van der Waals surface area contributed by atoms with E-state index in [0.29, 0.717) is 5.56 Å². The molecule has 9 rings (SSSR count). The Bertz CT molecular complexity index is 2640. The van der Waals surface area contributed by atoms with E-state index in [1.807, 2.05) is 42.5 Å². The van der Waals surface area contributed by atoms with Crippen LogP contribution in [-0.2, 0) is 12.6 Å². The molecule has 1 aliphatic carbocycles. The molecule has 2 nitrogen and oxygen atoms in total. The first-order chi connectivity index (χ1) is 24.4. The number of rotatable bonds is 4. The zero-order chi connectivity index (χ0) is 34.0. The van der Waals surface area contributed by atoms with Gasteiger partial charge >= 0.3 is 6.18 Å². The van der Waals surface area contributed by atoms with Crippen molar-refractivity contribution < 1.29 is 13.2 Å². The third-order valence-electron chi connectivity index (χ3n) is 9.88. The summed E-state index contributed by atoms with van der Waals surface area (Å²) in [6, 6.07) is 50.9. The van der Waals surface area contributed by atoms with Crippen molar-refractivity contribution in [3.05, 3.63) is 174 Å². The van der Waals surface area contributed by atoms with E-state index in [0.717, 1.165) is 67.8 Å². The molecule has 0 aliphatic heterocycles. The highest BCUT2D eigenvalue weighted by Gasteiger charge is 2.35. The number of alkyl halides is 3. The SMILES string of the molecule is N#Cc1ccc(-c2ccc(-c3c4c(c(-c5ccccc5)c5c6ccccc6n(-c6ccccc6)c35)Cc3ccccc3-4)cc2)c(C(F)(F)F)c1. The lowest BCUT2D eigenvalue weighted by Gasteiger charge is -2.20. The minimum Gasteiger partial charge on any atom is -0.309 e. The third-order valence-corrected chi connectivity index (χ3v) is 9.88. The molecule has 0 spiro atoms. The number of benzene rings is 7. The number of fused-ring (bicyclic) bond motifs is 6. The second-order valence-corrected chi connectivity index (χ2v) is 12.7. The average molecular weight is 653 g/mol. The molecule has 0 N–H and O–H groups in total. The number of nitrogens with zero attached hydrogens (tertiary/aromatic N) is 2. The number of para-hydroxylation sites is 2. The largest absolute Gasteiger partial charge is 0.417 e. The number of aromatic nitrogens is 1. The van der Waals surface area contributed by atoms with Crippen LogP contribution in [0.1, 0.15) is 22.3 Å². The molecular weight excluding hydrogens is 626 g/mol. The molecule has 0 amide bonds. The fraction of sp³-hybridized carbons (Fsp3) is 0.0444. The van der Waals surface area contributed by atoms with Crippen molar-refractivity contribution >= 4 is 21.8 Å². The second-order valence-electron chi connectivity index (χ2n) is 12.7. The Morgan fingerprint density at radius 3 is 1.96 bits per heavy atom. The Kier molecular flexibility index (Phi) is 6.76. The van der Waals surface area contributed by atoms with Gasteiger partial charge < -0.3 is 4.57 Å². The fourth-order valence-corrected chi connectivity index (χ4v) is 7.82. The van der Waals surface area contributed by atoms with Crippen molar-refractivity contribution in [1.29, 1.82) is 5.26 Å². The summed E-state index contributed by atoms with van der Waals surface area (Å²) in [5.41, 5.74) is 11.9. The van der Waals surface area contributed by atoms with Crippen LogP contribution in [0, 0.1) is 11.3 Å². The van der Waals surface area contributed by atoms with Gasteiger partial charge in [0.1, 0.15) is 0 Å². The molecule has 7 aromatic carbocycles. The van der Waals surface area contributed by atoms with Crippen molar-refractivity contribution in [3.8, 4) is 56.3 Å². The Morgan fingerprint density at radius 1 is 0.580 bits per heavy atom. The molecule has 5 heteroatoms. The van der Waals surface area contributed by atoms with Crippen LogP contribution < -0.4 is 0 Å². The molecule has 0 saturated heterocycles. The quantitative estimate of drug-likeness (QED) is 0.186. The Morgan fingerprint density at radius 2 is 1.22 bits per heavy atom. The second kappa shape index (κ2) is 11.4. The van der Waals surface area contributed by atoms with Crippen LogP contribution in [-0.4, -0.2) is 4.57 Å². The number of hydrogen-bond acceptors (Lipinski definition) is 1. The van der Waals surface area contributed by atoms with Gasteiger partial charge in [0.2, 0.25) is 0 Å². The lowest BCUT2D eigenvalue weighted by atomic mass is 9.85. The average Bonchev–Trinajstić information content (AvgIpc) is 3.70. The predicted octanol–water partition coefficient (Wildman–Crippen LogP) is 12.2. The van der Waals surface area contributed by atoms with E-state index < -0.39 is 11.7 Å². The summed E-state index contributed by atoms with van der Waals surface area (Å²) in [4.78, 5) is 0. The van der Waals surface area contributed by atoms with E-state index in [1.54, 1.807) is 12.1 Å². The van der Waals surface area contributed by atoms with E-state index in [1.165, 1.54) is 28.8 Å². The van der Waals surface area contributed by atoms with Gasteiger partial charge in [0.15, 0.2) is 0 Å². The molecule has 0 atom stereocenters. The molecule has 50 heavy (non-hydrogen) atoms. The van der Waals surface area contributed by atoms with Crippen LogP contribution >= 0.6 is 0 Å². The lowest BCUT2D eigenvalue weighted by Crippen LogP contribution is -2.07. The third kappa shape index (κ3) is 4.57. The Hall–Kier alpha value is -6.38. The highest BCUT2D eigenvalue weighted by Crippen LogP contribution is 2.54. The van der Waals surface area contributed by atoms with Crippen LogP contribution in [0.2, 0.25) is 0 Å². The zero-order valence-electron chi connectivity index (χ0n) is 26.7. The summed E-state index contributed by atoms with van der Waals surface area (Å²) in [5, 5.41) is 11.6. The van der Waals surface area contributed by atoms with Gasteiger partial charge in [-0.15, -0.1) is 0 Å². The van der Waals surface area contributed by atoms with Gasteiger partial charge in [-0.2, -0.15) is 18.4 Å². The number of hydrogen-bond donors (Lipinski definition) is 0. The summed E-state index contributed by atoms with van der Waals surface area (Å²) >= 11 is 0. The van der Waals surface area contributed by atoms with Crippen molar-refractivity contribution in [2.75, 3.05) is 0 Å². The summed E-state index contributed by atoms with van der Waals surface area (Å²) < 4.78 is 45.0. The summed E-state index contributed by atoms with van der Waals surface area (Å²) in [5.74, 6) is 0. The summed E-state index contributed by atoms with van der Waals surface area (Å²) in [6.45, 7) is 0. The van der Waals surface area contributed by atoms with E-state index in [9.17, 15) is 18.4 Å². The molecule has 0 saturated carbocycles. The van der Waals surface area contributed by atoms with Crippen molar-refractivity contribution in [2.24, 2.45) is 0 Å². The zero-order valence-corrected chi connectivity index (χ0v) is 26.7. The number of nitriles is 1. The van der Waals surface area contributed by atoms with Crippen LogP contribution in [0.25, 0.3) is 72.0 Å². The van der Waals surface area contributed by atoms with Crippen LogP contribution in [0.3, 0.4) is 0 Å². The van der Waals surface area contributed by atoms with Crippen molar-refractivity contribution in [2.45, 2.75) is 12.6 Å². The molecule has 0 fully saturated rings. The van der Waals surface area contributed by atoms with Gasteiger partial charge in [-0.1, -0.05) is 121 Å². The first-order valence-corrected chi connectivity index (χ1v) is 16.5. The highest BCUT2D eigenvalue weighted by atomic mass is 19.4. The smallest absolute Gasteiger partial charge is 0.309 e. The van der Waals surface area contributed by atoms with Crippen molar-refractivity contribution in [1.82, 2.24) is 4.57 Å². The maximum Gasteiger partial charge on any atom is 0.417 e. The Labute approximate surface area is 286 Å². The van der Waals surface area contributed by atoms with Crippen LogP contribution in [0.15, 0.2) is 152 Å². The van der Waals surface area contributed by atoms with Crippen LogP contribution in [0.5, 0.6) is 0 Å². The van der Waals surface area contributed by atoms with Crippen molar-refractivity contribution in [3.63, 3.8) is 0 Å². The molecule has 0 radical (unpaired) electrons. The minimum atomic E-state index is -4.61. The molecule has 1 heterocycles. The molecule has 238 valence electrons. The maximum absolute atomic E-state index is 14.2. The van der Waals surface area contributed by atoms with Gasteiger partial charge in [0.05, 0.1) is 28.2 Å². The monoisotopic (exact) mass is 652 g/mol. The summed E-state index contributed by atoms with van der Waals surface area (Å²) in [7, 11) is 0. The molecule has 1 aliphatic rings. The van der Waals surface area contributed by atoms with E-state index in [4.69, 9.17) is 0 Å². The highest BCUT2D eigenvalue weighted by molar-refractivity contribution is 6.24. The lowest BCUT2D eigenvalue weighted by molar-refractivity contribution is -0.137. The standard InChI is InChI=1S/C45H27F3N2/c46-45(47,48)38-25-28(27-49)19-24-34(38)29-20-22-31(23-21-29)41-42-35-16-8-7-13-32(35)26-37(42)40(30-11-3-1-4-12-30)43-36-17-9-10-18-39(36)50(44(41)43)33-14-5-2-6-15-33/h1-25H,26H2. The fourth-order valence-electron chi connectivity index (χ4n) is 7.82.